The van der Waals surface area contributed by atoms with Crippen molar-refractivity contribution in [2.24, 2.45) is 0 Å². The summed E-state index contributed by atoms with van der Waals surface area (Å²) in [6, 6.07) is 16.3. The highest BCUT2D eigenvalue weighted by atomic mass is 16.2. The largest absolute Gasteiger partial charge is 0.332 e. The molecule has 5 nitrogen and oxygen atoms in total. The van der Waals surface area contributed by atoms with Gasteiger partial charge in [0, 0.05) is 26.6 Å². The van der Waals surface area contributed by atoms with Crippen LogP contribution in [-0.4, -0.2) is 53.8 Å². The second-order valence-corrected chi connectivity index (χ2v) is 10.6. The standard InChI is InChI=1S/C32H47N3O2/c1-5-7-9-10-11-12-21-35-25(3)31(36)34(4)30(32(35)37)23-26-16-18-28(19-17-26)29-15-13-14-27(22-29)24-33-20-8-6-2/h13-19,22,25,30,33H,5-12,20-21,23-24H2,1-4H3/t25-,30-/m0/s1. The molecule has 2 atom stereocenters. The maximum atomic E-state index is 13.4. The first-order valence-corrected chi connectivity index (χ1v) is 14.4. The average Bonchev–Trinajstić information content (AvgIpc) is 2.92. The Kier molecular flexibility index (Phi) is 11.7. The van der Waals surface area contributed by atoms with Crippen molar-refractivity contribution >= 4 is 11.8 Å². The van der Waals surface area contributed by atoms with Crippen molar-refractivity contribution < 1.29 is 9.59 Å². The minimum Gasteiger partial charge on any atom is -0.332 e. The first kappa shape index (κ1) is 28.9. The zero-order chi connectivity index (χ0) is 26.6. The zero-order valence-corrected chi connectivity index (χ0v) is 23.5. The molecule has 202 valence electrons. The van der Waals surface area contributed by atoms with Gasteiger partial charge < -0.3 is 15.1 Å². The molecule has 1 N–H and O–H groups in total. The topological polar surface area (TPSA) is 52.7 Å². The Morgan fingerprint density at radius 3 is 2.22 bits per heavy atom. The van der Waals surface area contributed by atoms with E-state index in [-0.39, 0.29) is 17.9 Å². The van der Waals surface area contributed by atoms with E-state index >= 15 is 0 Å². The lowest BCUT2D eigenvalue weighted by Crippen LogP contribution is -2.63. The summed E-state index contributed by atoms with van der Waals surface area (Å²) >= 11 is 0. The van der Waals surface area contributed by atoms with Gasteiger partial charge in [-0.3, -0.25) is 9.59 Å². The molecule has 1 fully saturated rings. The number of benzene rings is 2. The average molecular weight is 506 g/mol. The van der Waals surface area contributed by atoms with Gasteiger partial charge in [-0.25, -0.2) is 0 Å². The fraction of sp³-hybridized carbons (Fsp3) is 0.562. The number of unbranched alkanes of at least 4 members (excludes halogenated alkanes) is 6. The van der Waals surface area contributed by atoms with Crippen molar-refractivity contribution in [3.05, 3.63) is 59.7 Å². The van der Waals surface area contributed by atoms with Crippen molar-refractivity contribution in [2.75, 3.05) is 20.1 Å². The maximum absolute atomic E-state index is 13.4. The Hall–Kier alpha value is -2.66. The number of nitrogens with zero attached hydrogens (tertiary/aromatic N) is 2. The molecule has 3 rings (SSSR count). The molecule has 2 amide bonds. The fourth-order valence-corrected chi connectivity index (χ4v) is 5.17. The van der Waals surface area contributed by atoms with E-state index < -0.39 is 6.04 Å². The van der Waals surface area contributed by atoms with Crippen molar-refractivity contribution in [3.8, 4) is 11.1 Å². The third-order valence-corrected chi connectivity index (χ3v) is 7.64. The molecular weight excluding hydrogens is 458 g/mol. The zero-order valence-electron chi connectivity index (χ0n) is 23.5. The van der Waals surface area contributed by atoms with Crippen LogP contribution in [0.15, 0.2) is 48.5 Å². The molecule has 37 heavy (non-hydrogen) atoms. The molecular formula is C32H47N3O2. The molecule has 0 unspecified atom stereocenters. The summed E-state index contributed by atoms with van der Waals surface area (Å²) in [5.41, 5.74) is 4.72. The number of nitrogens with one attached hydrogen (secondary N) is 1. The van der Waals surface area contributed by atoms with E-state index in [0.29, 0.717) is 13.0 Å². The lowest BCUT2D eigenvalue weighted by Gasteiger charge is -2.42. The Labute approximate surface area is 224 Å². The van der Waals surface area contributed by atoms with Gasteiger partial charge in [-0.05, 0) is 54.6 Å². The van der Waals surface area contributed by atoms with Crippen molar-refractivity contribution in [1.29, 1.82) is 0 Å². The van der Waals surface area contributed by atoms with E-state index in [9.17, 15) is 9.59 Å². The molecule has 0 bridgehead atoms. The number of hydrogen-bond donors (Lipinski definition) is 1. The van der Waals surface area contributed by atoms with Crippen LogP contribution in [0.1, 0.15) is 83.3 Å². The highest BCUT2D eigenvalue weighted by molar-refractivity contribution is 5.96. The van der Waals surface area contributed by atoms with Crippen LogP contribution in [0, 0.1) is 0 Å². The second kappa shape index (κ2) is 14.9. The quantitative estimate of drug-likeness (QED) is 0.293. The fourth-order valence-electron chi connectivity index (χ4n) is 5.17. The molecule has 0 saturated carbocycles. The van der Waals surface area contributed by atoms with Crippen LogP contribution in [-0.2, 0) is 22.6 Å². The monoisotopic (exact) mass is 505 g/mol. The molecule has 1 aliphatic heterocycles. The lowest BCUT2D eigenvalue weighted by molar-refractivity contribution is -0.159. The molecule has 1 heterocycles. The van der Waals surface area contributed by atoms with E-state index in [0.717, 1.165) is 37.1 Å². The molecule has 0 radical (unpaired) electrons. The number of amides is 2. The smallest absolute Gasteiger partial charge is 0.246 e. The summed E-state index contributed by atoms with van der Waals surface area (Å²) in [4.78, 5) is 29.9. The molecule has 2 aromatic rings. The number of rotatable bonds is 15. The van der Waals surface area contributed by atoms with Gasteiger partial charge in [0.1, 0.15) is 12.1 Å². The minimum atomic E-state index is -0.438. The van der Waals surface area contributed by atoms with E-state index in [1.54, 1.807) is 11.9 Å². The van der Waals surface area contributed by atoms with Crippen LogP contribution in [0.4, 0.5) is 0 Å². The highest BCUT2D eigenvalue weighted by Gasteiger charge is 2.41. The van der Waals surface area contributed by atoms with Gasteiger partial charge in [0.15, 0.2) is 0 Å². The highest BCUT2D eigenvalue weighted by Crippen LogP contribution is 2.24. The normalized spacial score (nSPS) is 18.1. The predicted octanol–water partition coefficient (Wildman–Crippen LogP) is 6.20. The lowest BCUT2D eigenvalue weighted by atomic mass is 9.96. The van der Waals surface area contributed by atoms with E-state index in [1.165, 1.54) is 49.7 Å². The molecule has 5 heteroatoms. The van der Waals surface area contributed by atoms with Crippen molar-refractivity contribution in [1.82, 2.24) is 15.1 Å². The summed E-state index contributed by atoms with van der Waals surface area (Å²) < 4.78 is 0. The molecule has 2 aromatic carbocycles. The first-order chi connectivity index (χ1) is 18.0. The Morgan fingerprint density at radius 2 is 1.49 bits per heavy atom. The summed E-state index contributed by atoms with van der Waals surface area (Å²) in [7, 11) is 1.78. The van der Waals surface area contributed by atoms with Crippen LogP contribution >= 0.6 is 0 Å². The molecule has 0 aliphatic carbocycles. The van der Waals surface area contributed by atoms with Crippen LogP contribution in [0.3, 0.4) is 0 Å². The Bertz CT molecular complexity index is 988. The summed E-state index contributed by atoms with van der Waals surface area (Å²) in [6.07, 6.45) is 9.97. The van der Waals surface area contributed by atoms with Gasteiger partial charge in [-0.15, -0.1) is 0 Å². The van der Waals surface area contributed by atoms with Gasteiger partial charge in [0.25, 0.3) is 0 Å². The SMILES string of the molecule is CCCCCCCCN1C(=O)[C@H](Cc2ccc(-c3cccc(CNCCCC)c3)cc2)N(C)C(=O)[C@@H]1C. The Morgan fingerprint density at radius 1 is 0.784 bits per heavy atom. The van der Waals surface area contributed by atoms with Gasteiger partial charge >= 0.3 is 0 Å². The third-order valence-electron chi connectivity index (χ3n) is 7.64. The van der Waals surface area contributed by atoms with Crippen LogP contribution in [0.5, 0.6) is 0 Å². The maximum Gasteiger partial charge on any atom is 0.246 e. The van der Waals surface area contributed by atoms with Crippen molar-refractivity contribution in [2.45, 2.75) is 97.2 Å². The predicted molar refractivity (Wildman–Crippen MR) is 153 cm³/mol. The number of likely N-dealkylation sites (N-methyl/N-ethyl adjacent to an activating group) is 1. The van der Waals surface area contributed by atoms with Crippen molar-refractivity contribution in [3.63, 3.8) is 0 Å². The Balaban J connectivity index is 1.61. The van der Waals surface area contributed by atoms with Gasteiger partial charge in [-0.2, -0.15) is 0 Å². The minimum absolute atomic E-state index is 0.0385. The number of piperazine rings is 1. The van der Waals surface area contributed by atoms with E-state index in [4.69, 9.17) is 0 Å². The molecule has 0 aromatic heterocycles. The van der Waals surface area contributed by atoms with Gasteiger partial charge in [-0.1, -0.05) is 94.8 Å². The molecule has 0 spiro atoms. The van der Waals surface area contributed by atoms with Crippen LogP contribution in [0.2, 0.25) is 0 Å². The summed E-state index contributed by atoms with van der Waals surface area (Å²) in [5.74, 6) is 0.118. The second-order valence-electron chi connectivity index (χ2n) is 10.6. The van der Waals surface area contributed by atoms with E-state index in [2.05, 4.69) is 67.7 Å². The number of carbonyl (C=O) groups excluding carboxylic acids is 2. The number of carbonyl (C=O) groups is 2. The first-order valence-electron chi connectivity index (χ1n) is 14.4. The summed E-state index contributed by atoms with van der Waals surface area (Å²) in [5, 5.41) is 3.51. The molecule has 1 aliphatic rings. The number of hydrogen-bond acceptors (Lipinski definition) is 3. The van der Waals surface area contributed by atoms with Crippen LogP contribution in [0.25, 0.3) is 11.1 Å². The third kappa shape index (κ3) is 8.16. The van der Waals surface area contributed by atoms with E-state index in [1.807, 2.05) is 11.8 Å². The van der Waals surface area contributed by atoms with Gasteiger partial charge in [0.2, 0.25) is 11.8 Å². The van der Waals surface area contributed by atoms with Gasteiger partial charge in [0.05, 0.1) is 0 Å². The summed E-state index contributed by atoms with van der Waals surface area (Å²) in [6.45, 7) is 8.89. The van der Waals surface area contributed by atoms with Crippen LogP contribution < -0.4 is 5.32 Å². The molecule has 1 saturated heterocycles.